The Morgan fingerprint density at radius 3 is 2.00 bits per heavy atom. The zero-order valence-corrected chi connectivity index (χ0v) is 15.0. The van der Waals surface area contributed by atoms with Crippen molar-refractivity contribution < 1.29 is 31.5 Å². The van der Waals surface area contributed by atoms with Crippen LogP contribution in [0, 0.1) is 11.6 Å². The fourth-order valence-electron chi connectivity index (χ4n) is 3.05. The van der Waals surface area contributed by atoms with Crippen LogP contribution in [-0.4, -0.2) is 16.6 Å². The van der Waals surface area contributed by atoms with Gasteiger partial charge < -0.3 is 0 Å². The van der Waals surface area contributed by atoms with Gasteiger partial charge in [-0.1, -0.05) is 18.5 Å². The summed E-state index contributed by atoms with van der Waals surface area (Å²) in [6, 6.07) is 2.14. The number of hydrogen-bond donors (Lipinski definition) is 0. The first-order chi connectivity index (χ1) is 13.1. The number of ketones is 2. The molecule has 0 radical (unpaired) electrons. The van der Waals surface area contributed by atoms with Gasteiger partial charge in [0.05, 0.1) is 27.4 Å². The summed E-state index contributed by atoms with van der Waals surface area (Å²) in [5.41, 5.74) is -2.72. The highest BCUT2D eigenvalue weighted by molar-refractivity contribution is 6.31. The summed E-state index contributed by atoms with van der Waals surface area (Å²) in [5.74, 6) is -3.84. The molecule has 0 atom stereocenters. The average Bonchev–Trinajstić information content (AvgIpc) is 2.62. The minimum absolute atomic E-state index is 0.0353. The first-order valence-corrected chi connectivity index (χ1v) is 8.45. The Morgan fingerprint density at radius 1 is 1.00 bits per heavy atom. The van der Waals surface area contributed by atoms with Gasteiger partial charge in [0, 0.05) is 23.8 Å². The van der Waals surface area contributed by atoms with Crippen molar-refractivity contribution in [1.29, 1.82) is 0 Å². The van der Waals surface area contributed by atoms with E-state index >= 15 is 0 Å². The second kappa shape index (κ2) is 7.09. The summed E-state index contributed by atoms with van der Waals surface area (Å²) in [4.78, 5) is 29.0. The second-order valence-electron chi connectivity index (χ2n) is 6.08. The van der Waals surface area contributed by atoms with E-state index in [0.29, 0.717) is 12.3 Å². The number of halogens is 6. The normalized spacial score (nSPS) is 14.5. The Labute approximate surface area is 160 Å². The molecule has 9 heteroatoms. The van der Waals surface area contributed by atoms with Gasteiger partial charge in [-0.15, -0.1) is 0 Å². The lowest BCUT2D eigenvalue weighted by atomic mass is 9.80. The fourth-order valence-corrected chi connectivity index (χ4v) is 3.28. The van der Waals surface area contributed by atoms with Crippen molar-refractivity contribution in [2.75, 3.05) is 0 Å². The van der Waals surface area contributed by atoms with E-state index in [0.717, 1.165) is 12.1 Å². The van der Waals surface area contributed by atoms with E-state index in [9.17, 15) is 31.5 Å². The van der Waals surface area contributed by atoms with Crippen molar-refractivity contribution in [3.63, 3.8) is 0 Å². The molecule has 0 aliphatic heterocycles. The van der Waals surface area contributed by atoms with Crippen LogP contribution in [-0.2, 0) is 12.6 Å². The SMILES string of the molecule is CCC1=C(Cc2ncc(C(F)(F)F)cc2Cl)C(=O)c2c(F)ccc(F)c2C1=O. The first kappa shape index (κ1) is 20.1. The lowest BCUT2D eigenvalue weighted by molar-refractivity contribution is -0.137. The number of fused-ring (bicyclic) bond motifs is 1. The number of rotatable bonds is 3. The molecule has 0 saturated carbocycles. The molecule has 1 aliphatic carbocycles. The molecule has 1 aliphatic rings. The lowest BCUT2D eigenvalue weighted by Gasteiger charge is -2.21. The maximum atomic E-state index is 14.2. The van der Waals surface area contributed by atoms with Crippen LogP contribution in [0.15, 0.2) is 35.5 Å². The number of nitrogens with zero attached hydrogens (tertiary/aromatic N) is 1. The Hall–Kier alpha value is -2.61. The van der Waals surface area contributed by atoms with Crippen molar-refractivity contribution in [2.45, 2.75) is 25.9 Å². The van der Waals surface area contributed by atoms with Crippen molar-refractivity contribution in [3.8, 4) is 0 Å². The molecule has 0 unspecified atom stereocenters. The maximum absolute atomic E-state index is 14.2. The highest BCUT2D eigenvalue weighted by Gasteiger charge is 2.37. The predicted molar refractivity (Wildman–Crippen MR) is 90.3 cm³/mol. The molecule has 1 aromatic carbocycles. The van der Waals surface area contributed by atoms with Gasteiger partial charge in [0.1, 0.15) is 11.6 Å². The van der Waals surface area contributed by atoms with Gasteiger partial charge in [0.25, 0.3) is 0 Å². The van der Waals surface area contributed by atoms with E-state index in [2.05, 4.69) is 4.98 Å². The molecular weight excluding hydrogens is 405 g/mol. The van der Waals surface area contributed by atoms with E-state index in [4.69, 9.17) is 11.6 Å². The van der Waals surface area contributed by atoms with Crippen LogP contribution >= 0.6 is 11.6 Å². The number of benzene rings is 1. The number of pyridine rings is 1. The summed E-state index contributed by atoms with van der Waals surface area (Å²) in [5, 5.41) is -0.358. The summed E-state index contributed by atoms with van der Waals surface area (Å²) in [6.45, 7) is 1.55. The predicted octanol–water partition coefficient (Wildman–Crippen LogP) is 5.36. The molecule has 0 N–H and O–H groups in total. The fraction of sp³-hybridized carbons (Fsp3) is 0.211. The van der Waals surface area contributed by atoms with Crippen LogP contribution < -0.4 is 0 Å². The number of aromatic nitrogens is 1. The number of allylic oxidation sites excluding steroid dienone is 2. The van der Waals surface area contributed by atoms with Gasteiger partial charge >= 0.3 is 6.18 Å². The Bertz CT molecular complexity index is 1040. The van der Waals surface area contributed by atoms with Crippen LogP contribution in [0.3, 0.4) is 0 Å². The van der Waals surface area contributed by atoms with E-state index in [1.54, 1.807) is 6.92 Å². The van der Waals surface area contributed by atoms with Crippen LogP contribution in [0.2, 0.25) is 5.02 Å². The molecule has 3 nitrogen and oxygen atoms in total. The third-order valence-electron chi connectivity index (χ3n) is 4.41. The van der Waals surface area contributed by atoms with Gasteiger partial charge in [-0.25, -0.2) is 8.78 Å². The average molecular weight is 416 g/mol. The summed E-state index contributed by atoms with van der Waals surface area (Å²) in [6.07, 6.45) is -4.45. The van der Waals surface area contributed by atoms with Crippen molar-refractivity contribution in [3.05, 3.63) is 74.6 Å². The first-order valence-electron chi connectivity index (χ1n) is 8.07. The molecule has 3 rings (SSSR count). The van der Waals surface area contributed by atoms with E-state index < -0.39 is 46.1 Å². The molecule has 0 bridgehead atoms. The molecule has 28 heavy (non-hydrogen) atoms. The molecule has 146 valence electrons. The third-order valence-corrected chi connectivity index (χ3v) is 4.74. The molecule has 2 aromatic rings. The molecule has 0 fully saturated rings. The van der Waals surface area contributed by atoms with Crippen LogP contribution in [0.1, 0.15) is 45.3 Å². The van der Waals surface area contributed by atoms with Crippen molar-refractivity contribution >= 4 is 23.2 Å². The molecular formula is C19H11ClF5NO2. The number of carbonyl (C=O) groups excluding carboxylic acids is 2. The minimum Gasteiger partial charge on any atom is -0.289 e. The van der Waals surface area contributed by atoms with Gasteiger partial charge in [0.2, 0.25) is 0 Å². The van der Waals surface area contributed by atoms with Crippen LogP contribution in [0.25, 0.3) is 0 Å². The van der Waals surface area contributed by atoms with Gasteiger partial charge in [-0.2, -0.15) is 13.2 Å². The lowest BCUT2D eigenvalue weighted by Crippen LogP contribution is -2.26. The number of carbonyl (C=O) groups is 2. The highest BCUT2D eigenvalue weighted by atomic mass is 35.5. The van der Waals surface area contributed by atoms with E-state index in [-0.39, 0.29) is 34.7 Å². The number of Topliss-reactive ketones (excluding diaryl/α,β-unsaturated/α-hetero) is 2. The van der Waals surface area contributed by atoms with Gasteiger partial charge in [0.15, 0.2) is 11.6 Å². The molecule has 0 spiro atoms. The second-order valence-corrected chi connectivity index (χ2v) is 6.48. The Balaban J connectivity index is 2.10. The topological polar surface area (TPSA) is 47.0 Å². The molecule has 1 aromatic heterocycles. The summed E-state index contributed by atoms with van der Waals surface area (Å²) in [7, 11) is 0. The van der Waals surface area contributed by atoms with E-state index in [1.807, 2.05) is 0 Å². The van der Waals surface area contributed by atoms with Gasteiger partial charge in [-0.3, -0.25) is 14.6 Å². The third kappa shape index (κ3) is 3.32. The number of hydrogen-bond acceptors (Lipinski definition) is 3. The minimum atomic E-state index is -4.65. The maximum Gasteiger partial charge on any atom is 0.417 e. The molecule has 1 heterocycles. The zero-order valence-electron chi connectivity index (χ0n) is 14.3. The highest BCUT2D eigenvalue weighted by Crippen LogP contribution is 2.35. The van der Waals surface area contributed by atoms with Crippen LogP contribution in [0.4, 0.5) is 22.0 Å². The largest absolute Gasteiger partial charge is 0.417 e. The Morgan fingerprint density at radius 2 is 1.54 bits per heavy atom. The smallest absolute Gasteiger partial charge is 0.289 e. The monoisotopic (exact) mass is 415 g/mol. The quantitative estimate of drug-likeness (QED) is 0.634. The zero-order chi connectivity index (χ0) is 20.8. The number of alkyl halides is 3. The van der Waals surface area contributed by atoms with Gasteiger partial charge in [-0.05, 0) is 24.6 Å². The van der Waals surface area contributed by atoms with Crippen LogP contribution in [0.5, 0.6) is 0 Å². The van der Waals surface area contributed by atoms with Crippen molar-refractivity contribution in [2.24, 2.45) is 0 Å². The molecule has 0 saturated heterocycles. The van der Waals surface area contributed by atoms with E-state index in [1.165, 1.54) is 0 Å². The van der Waals surface area contributed by atoms with Crippen molar-refractivity contribution in [1.82, 2.24) is 4.98 Å². The molecule has 0 amide bonds. The summed E-state index contributed by atoms with van der Waals surface area (Å²) >= 11 is 5.87. The summed E-state index contributed by atoms with van der Waals surface area (Å²) < 4.78 is 66.5. The standard InChI is InChI=1S/C19H11ClF5NO2/c1-2-9-10(6-14-11(20)5-8(7-26-14)19(23,24)25)18(28)16-13(22)4-3-12(21)15(16)17(9)27/h3-5,7H,2,6H2,1H3. The Kier molecular flexibility index (Phi) is 5.10.